The standard InChI is InChI=1S/C16H23NO/c1-12-5-7-13(8-6-12)18-15-11-14(17)16(15)9-3-2-4-10-16/h5-8,14-15H,2-4,9-11,17H2,1H3. The SMILES string of the molecule is Cc1ccc(OC2CC(N)C23CCCCC3)cc1. The van der Waals surface area contributed by atoms with Gasteiger partial charge in [-0.25, -0.2) is 0 Å². The van der Waals surface area contributed by atoms with Crippen LogP contribution < -0.4 is 10.5 Å². The predicted octanol–water partition coefficient (Wildman–Crippen LogP) is 3.42. The van der Waals surface area contributed by atoms with Gasteiger partial charge in [0.2, 0.25) is 0 Å². The van der Waals surface area contributed by atoms with Crippen molar-refractivity contribution in [3.63, 3.8) is 0 Å². The van der Waals surface area contributed by atoms with E-state index in [4.69, 9.17) is 10.5 Å². The largest absolute Gasteiger partial charge is 0.490 e. The molecule has 1 aromatic carbocycles. The molecule has 0 radical (unpaired) electrons. The van der Waals surface area contributed by atoms with Gasteiger partial charge in [0, 0.05) is 17.9 Å². The molecule has 2 nitrogen and oxygen atoms in total. The summed E-state index contributed by atoms with van der Waals surface area (Å²) in [6.45, 7) is 2.10. The highest BCUT2D eigenvalue weighted by atomic mass is 16.5. The Morgan fingerprint density at radius 3 is 2.39 bits per heavy atom. The molecule has 0 aliphatic heterocycles. The third-order valence-corrected chi connectivity index (χ3v) is 4.93. The van der Waals surface area contributed by atoms with Gasteiger partial charge in [-0.15, -0.1) is 0 Å². The highest BCUT2D eigenvalue weighted by Gasteiger charge is 2.54. The average molecular weight is 245 g/mol. The van der Waals surface area contributed by atoms with Crippen LogP contribution in [0.4, 0.5) is 0 Å². The molecule has 1 spiro atoms. The lowest BCUT2D eigenvalue weighted by Crippen LogP contribution is -2.64. The molecule has 2 atom stereocenters. The van der Waals surface area contributed by atoms with Crippen LogP contribution in [0.25, 0.3) is 0 Å². The summed E-state index contributed by atoms with van der Waals surface area (Å²) in [5.74, 6) is 1.00. The van der Waals surface area contributed by atoms with E-state index in [9.17, 15) is 0 Å². The van der Waals surface area contributed by atoms with Crippen molar-refractivity contribution in [2.75, 3.05) is 0 Å². The third kappa shape index (κ3) is 1.93. The van der Waals surface area contributed by atoms with E-state index in [-0.39, 0.29) is 5.41 Å². The molecule has 2 aliphatic rings. The maximum atomic E-state index is 6.28. The lowest BCUT2D eigenvalue weighted by atomic mass is 9.55. The van der Waals surface area contributed by atoms with E-state index in [0.717, 1.165) is 12.2 Å². The summed E-state index contributed by atoms with van der Waals surface area (Å²) >= 11 is 0. The summed E-state index contributed by atoms with van der Waals surface area (Å²) in [7, 11) is 0. The molecule has 0 heterocycles. The van der Waals surface area contributed by atoms with Crippen LogP contribution in [0.15, 0.2) is 24.3 Å². The van der Waals surface area contributed by atoms with Crippen molar-refractivity contribution >= 4 is 0 Å². The molecule has 18 heavy (non-hydrogen) atoms. The second kappa shape index (κ2) is 4.58. The molecule has 0 aromatic heterocycles. The lowest BCUT2D eigenvalue weighted by Gasteiger charge is -2.56. The Morgan fingerprint density at radius 2 is 1.78 bits per heavy atom. The number of rotatable bonds is 2. The Labute approximate surface area is 110 Å². The van der Waals surface area contributed by atoms with Crippen molar-refractivity contribution < 1.29 is 4.74 Å². The fraction of sp³-hybridized carbons (Fsp3) is 0.625. The van der Waals surface area contributed by atoms with Gasteiger partial charge in [0.05, 0.1) is 0 Å². The predicted molar refractivity (Wildman–Crippen MR) is 73.7 cm³/mol. The third-order valence-electron chi connectivity index (χ3n) is 4.93. The normalized spacial score (nSPS) is 29.9. The van der Waals surface area contributed by atoms with Crippen LogP contribution in [0.1, 0.15) is 44.1 Å². The fourth-order valence-electron chi connectivity index (χ4n) is 3.63. The first-order valence-electron chi connectivity index (χ1n) is 7.20. The van der Waals surface area contributed by atoms with Gasteiger partial charge in [0.1, 0.15) is 11.9 Å². The smallest absolute Gasteiger partial charge is 0.119 e. The number of benzene rings is 1. The van der Waals surface area contributed by atoms with Crippen molar-refractivity contribution in [3.05, 3.63) is 29.8 Å². The highest BCUT2D eigenvalue weighted by Crippen LogP contribution is 2.52. The quantitative estimate of drug-likeness (QED) is 0.866. The molecule has 0 amide bonds. The van der Waals surface area contributed by atoms with Gasteiger partial charge in [-0.05, 0) is 31.9 Å². The zero-order chi connectivity index (χ0) is 12.6. The zero-order valence-electron chi connectivity index (χ0n) is 11.2. The van der Waals surface area contributed by atoms with Gasteiger partial charge in [-0.1, -0.05) is 37.0 Å². The highest BCUT2D eigenvalue weighted by molar-refractivity contribution is 5.27. The average Bonchev–Trinajstić information content (AvgIpc) is 2.42. The van der Waals surface area contributed by atoms with Gasteiger partial charge in [0.25, 0.3) is 0 Å². The molecule has 3 rings (SSSR count). The maximum Gasteiger partial charge on any atom is 0.119 e. The van der Waals surface area contributed by atoms with Gasteiger partial charge in [0.15, 0.2) is 0 Å². The van der Waals surface area contributed by atoms with Gasteiger partial charge >= 0.3 is 0 Å². The first kappa shape index (κ1) is 12.0. The summed E-state index contributed by atoms with van der Waals surface area (Å²) in [4.78, 5) is 0. The summed E-state index contributed by atoms with van der Waals surface area (Å²) in [5.41, 5.74) is 7.84. The summed E-state index contributed by atoms with van der Waals surface area (Å²) < 4.78 is 6.19. The van der Waals surface area contributed by atoms with Crippen molar-refractivity contribution in [3.8, 4) is 5.75 Å². The van der Waals surface area contributed by atoms with E-state index in [0.29, 0.717) is 12.1 Å². The molecule has 0 bridgehead atoms. The van der Waals surface area contributed by atoms with Gasteiger partial charge in [-0.3, -0.25) is 0 Å². The number of ether oxygens (including phenoxy) is 1. The second-order valence-corrected chi connectivity index (χ2v) is 6.06. The van der Waals surface area contributed by atoms with E-state index in [1.807, 2.05) is 0 Å². The van der Waals surface area contributed by atoms with Crippen LogP contribution >= 0.6 is 0 Å². The molecular weight excluding hydrogens is 222 g/mol. The molecule has 1 aromatic rings. The Morgan fingerprint density at radius 1 is 1.11 bits per heavy atom. The molecule has 2 N–H and O–H groups in total. The van der Waals surface area contributed by atoms with Gasteiger partial charge in [-0.2, -0.15) is 0 Å². The zero-order valence-corrected chi connectivity index (χ0v) is 11.2. The maximum absolute atomic E-state index is 6.28. The first-order chi connectivity index (χ1) is 8.71. The van der Waals surface area contributed by atoms with Crippen LogP contribution in [0, 0.1) is 12.3 Å². The van der Waals surface area contributed by atoms with Crippen molar-refractivity contribution in [1.29, 1.82) is 0 Å². The van der Waals surface area contributed by atoms with Crippen molar-refractivity contribution in [1.82, 2.24) is 0 Å². The van der Waals surface area contributed by atoms with E-state index >= 15 is 0 Å². The minimum absolute atomic E-state index is 0.281. The van der Waals surface area contributed by atoms with Gasteiger partial charge < -0.3 is 10.5 Å². The number of hydrogen-bond donors (Lipinski definition) is 1. The second-order valence-electron chi connectivity index (χ2n) is 6.06. The minimum Gasteiger partial charge on any atom is -0.490 e. The molecule has 2 fully saturated rings. The Bertz CT molecular complexity index is 406. The molecule has 2 unspecified atom stereocenters. The lowest BCUT2D eigenvalue weighted by molar-refractivity contribution is -0.0898. The topological polar surface area (TPSA) is 35.2 Å². The Balaban J connectivity index is 1.71. The molecule has 2 aliphatic carbocycles. The number of hydrogen-bond acceptors (Lipinski definition) is 2. The van der Waals surface area contributed by atoms with Crippen LogP contribution in [-0.4, -0.2) is 12.1 Å². The summed E-state index contributed by atoms with van der Waals surface area (Å²) in [5, 5.41) is 0. The van der Waals surface area contributed by atoms with Crippen LogP contribution in [0.5, 0.6) is 5.75 Å². The molecule has 2 heteroatoms. The molecule has 2 saturated carbocycles. The summed E-state index contributed by atoms with van der Waals surface area (Å²) in [6.07, 6.45) is 7.88. The van der Waals surface area contributed by atoms with Crippen molar-refractivity contribution in [2.45, 2.75) is 57.6 Å². The number of aryl methyl sites for hydroxylation is 1. The Hall–Kier alpha value is -1.02. The van der Waals surface area contributed by atoms with E-state index in [1.54, 1.807) is 0 Å². The van der Waals surface area contributed by atoms with E-state index < -0.39 is 0 Å². The van der Waals surface area contributed by atoms with Crippen molar-refractivity contribution in [2.24, 2.45) is 11.1 Å². The molecular formula is C16H23NO. The van der Waals surface area contributed by atoms with E-state index in [1.165, 1.54) is 37.7 Å². The van der Waals surface area contributed by atoms with Crippen LogP contribution in [0.2, 0.25) is 0 Å². The van der Waals surface area contributed by atoms with Crippen LogP contribution in [0.3, 0.4) is 0 Å². The van der Waals surface area contributed by atoms with Crippen LogP contribution in [-0.2, 0) is 0 Å². The monoisotopic (exact) mass is 245 g/mol. The Kier molecular flexibility index (Phi) is 3.06. The fourth-order valence-corrected chi connectivity index (χ4v) is 3.63. The summed E-state index contributed by atoms with van der Waals surface area (Å²) in [6, 6.07) is 8.74. The first-order valence-corrected chi connectivity index (χ1v) is 7.20. The van der Waals surface area contributed by atoms with E-state index in [2.05, 4.69) is 31.2 Å². The molecule has 0 saturated heterocycles. The number of nitrogens with two attached hydrogens (primary N) is 1. The minimum atomic E-state index is 0.281. The molecule has 98 valence electrons.